The molecule has 7 heteroatoms. The van der Waals surface area contributed by atoms with Crippen LogP contribution in [0.3, 0.4) is 0 Å². The summed E-state index contributed by atoms with van der Waals surface area (Å²) in [5, 5.41) is 11.2. The fraction of sp³-hybridized carbons (Fsp3) is 0.278. The van der Waals surface area contributed by atoms with Crippen molar-refractivity contribution in [3.05, 3.63) is 62.2 Å². The molecule has 3 rings (SSSR count). The van der Waals surface area contributed by atoms with Gasteiger partial charge in [-0.15, -0.1) is 0 Å². The summed E-state index contributed by atoms with van der Waals surface area (Å²) in [4.78, 5) is 25.2. The molecule has 2 aromatic rings. The van der Waals surface area contributed by atoms with Gasteiger partial charge < -0.3 is 9.64 Å². The van der Waals surface area contributed by atoms with Crippen LogP contribution in [0.15, 0.2) is 30.3 Å². The molecule has 6 nitrogen and oxygen atoms in total. The summed E-state index contributed by atoms with van der Waals surface area (Å²) in [6, 6.07) is 7.68. The van der Waals surface area contributed by atoms with Gasteiger partial charge >= 0.3 is 0 Å². The third-order valence-corrected chi connectivity index (χ3v) is 4.74. The average molecular weight is 361 g/mol. The lowest BCUT2D eigenvalue weighted by Gasteiger charge is -2.32. The van der Waals surface area contributed by atoms with Crippen LogP contribution in [0.1, 0.15) is 27.9 Å². The van der Waals surface area contributed by atoms with Gasteiger partial charge in [-0.3, -0.25) is 14.9 Å². The number of aryl methyl sites for hydroxylation is 1. The first-order valence-corrected chi connectivity index (χ1v) is 8.24. The molecule has 0 aliphatic carbocycles. The molecule has 0 saturated heterocycles. The highest BCUT2D eigenvalue weighted by Crippen LogP contribution is 2.39. The molecule has 0 unspecified atom stereocenters. The Bertz CT molecular complexity index is 866. The lowest BCUT2D eigenvalue weighted by atomic mass is 9.95. The topological polar surface area (TPSA) is 72.7 Å². The van der Waals surface area contributed by atoms with Gasteiger partial charge in [-0.1, -0.05) is 17.7 Å². The zero-order chi connectivity index (χ0) is 18.1. The smallest absolute Gasteiger partial charge is 0.270 e. The van der Waals surface area contributed by atoms with E-state index >= 15 is 0 Å². The Morgan fingerprint density at radius 2 is 2.08 bits per heavy atom. The minimum atomic E-state index is -0.540. The molecule has 1 aliphatic heterocycles. The first-order chi connectivity index (χ1) is 11.9. The van der Waals surface area contributed by atoms with E-state index in [1.54, 1.807) is 12.0 Å². The van der Waals surface area contributed by atoms with Crippen molar-refractivity contribution in [1.82, 2.24) is 0 Å². The zero-order valence-corrected chi connectivity index (χ0v) is 14.7. The molecule has 0 bridgehead atoms. The predicted octanol–water partition coefficient (Wildman–Crippen LogP) is 4.16. The summed E-state index contributed by atoms with van der Waals surface area (Å²) < 4.78 is 5.44. The molecule has 0 N–H and O–H groups in total. The number of carbonyl (C=O) groups is 1. The van der Waals surface area contributed by atoms with E-state index in [9.17, 15) is 14.9 Å². The highest BCUT2D eigenvalue weighted by atomic mass is 35.5. The number of nitro groups is 1. The van der Waals surface area contributed by atoms with Gasteiger partial charge in [0, 0.05) is 18.7 Å². The Kier molecular flexibility index (Phi) is 4.63. The van der Waals surface area contributed by atoms with Crippen LogP contribution >= 0.6 is 11.6 Å². The third kappa shape index (κ3) is 3.05. The molecule has 25 heavy (non-hydrogen) atoms. The van der Waals surface area contributed by atoms with Gasteiger partial charge in [-0.25, -0.2) is 0 Å². The molecule has 1 aliphatic rings. The normalized spacial score (nSPS) is 13.3. The van der Waals surface area contributed by atoms with E-state index < -0.39 is 4.92 Å². The molecule has 0 spiro atoms. The van der Waals surface area contributed by atoms with Gasteiger partial charge in [-0.2, -0.15) is 0 Å². The van der Waals surface area contributed by atoms with Crippen LogP contribution in [-0.2, 0) is 6.42 Å². The van der Waals surface area contributed by atoms with Gasteiger partial charge in [0.1, 0.15) is 5.75 Å². The van der Waals surface area contributed by atoms with Crippen molar-refractivity contribution >= 4 is 28.9 Å². The highest BCUT2D eigenvalue weighted by Gasteiger charge is 2.29. The van der Waals surface area contributed by atoms with E-state index in [4.69, 9.17) is 16.3 Å². The fourth-order valence-corrected chi connectivity index (χ4v) is 3.36. The first-order valence-electron chi connectivity index (χ1n) is 7.86. The van der Waals surface area contributed by atoms with Crippen molar-refractivity contribution in [2.24, 2.45) is 0 Å². The summed E-state index contributed by atoms with van der Waals surface area (Å²) >= 11 is 6.15. The van der Waals surface area contributed by atoms with Crippen LogP contribution in [0.2, 0.25) is 5.02 Å². The Morgan fingerprint density at radius 3 is 2.76 bits per heavy atom. The Labute approximate surface area is 150 Å². The first kappa shape index (κ1) is 17.2. The SMILES string of the molecule is COc1ccc(C)c2c1N(C(=O)c1cc([N+](=O)[O-])ccc1Cl)CCC2. The monoisotopic (exact) mass is 360 g/mol. The van der Waals surface area contributed by atoms with Gasteiger partial charge in [0.05, 0.1) is 28.3 Å². The van der Waals surface area contributed by atoms with Gasteiger partial charge in [0.2, 0.25) is 0 Å². The van der Waals surface area contributed by atoms with E-state index in [-0.39, 0.29) is 22.2 Å². The molecule has 0 aromatic heterocycles. The zero-order valence-electron chi connectivity index (χ0n) is 13.9. The maximum atomic E-state index is 13.1. The van der Waals surface area contributed by atoms with Crippen molar-refractivity contribution in [3.63, 3.8) is 0 Å². The van der Waals surface area contributed by atoms with Crippen LogP contribution in [0.5, 0.6) is 5.75 Å². The van der Waals surface area contributed by atoms with E-state index in [1.165, 1.54) is 18.2 Å². The minimum Gasteiger partial charge on any atom is -0.495 e. The molecule has 2 aromatic carbocycles. The summed E-state index contributed by atoms with van der Waals surface area (Å²) in [6.45, 7) is 2.50. The molecular weight excluding hydrogens is 344 g/mol. The van der Waals surface area contributed by atoms with Gasteiger partial charge in [0.25, 0.3) is 11.6 Å². The molecular formula is C18H17ClN2O4. The van der Waals surface area contributed by atoms with Crippen molar-refractivity contribution in [2.45, 2.75) is 19.8 Å². The molecule has 130 valence electrons. The summed E-state index contributed by atoms with van der Waals surface area (Å²) in [5.74, 6) is 0.244. The van der Waals surface area contributed by atoms with E-state index in [0.29, 0.717) is 12.3 Å². The number of non-ortho nitro benzene ring substituents is 1. The van der Waals surface area contributed by atoms with E-state index in [1.807, 2.05) is 19.1 Å². The average Bonchev–Trinajstić information content (AvgIpc) is 2.61. The summed E-state index contributed by atoms with van der Waals surface area (Å²) in [7, 11) is 1.56. The van der Waals surface area contributed by atoms with Crippen molar-refractivity contribution in [3.8, 4) is 5.75 Å². The Balaban J connectivity index is 2.11. The standard InChI is InChI=1S/C18H17ClN2O4/c1-11-5-8-16(25-2)17-13(11)4-3-9-20(17)18(22)14-10-12(21(23)24)6-7-15(14)19/h5-8,10H,3-4,9H2,1-2H3. The number of benzene rings is 2. The number of ether oxygens (including phenoxy) is 1. The summed E-state index contributed by atoms with van der Waals surface area (Å²) in [6.07, 6.45) is 1.66. The van der Waals surface area contributed by atoms with Crippen LogP contribution in [-0.4, -0.2) is 24.5 Å². The number of halogens is 1. The highest BCUT2D eigenvalue weighted by molar-refractivity contribution is 6.34. The second kappa shape index (κ2) is 6.72. The Morgan fingerprint density at radius 1 is 1.32 bits per heavy atom. The maximum absolute atomic E-state index is 13.1. The van der Waals surface area contributed by atoms with Gasteiger partial charge in [-0.05, 0) is 43.0 Å². The van der Waals surface area contributed by atoms with Crippen molar-refractivity contribution < 1.29 is 14.5 Å². The Hall–Kier alpha value is -2.60. The third-order valence-electron chi connectivity index (χ3n) is 4.41. The number of fused-ring (bicyclic) bond motifs is 1. The van der Waals surface area contributed by atoms with Crippen LogP contribution in [0, 0.1) is 17.0 Å². The molecule has 0 radical (unpaired) electrons. The summed E-state index contributed by atoms with van der Waals surface area (Å²) in [5.41, 5.74) is 2.81. The maximum Gasteiger partial charge on any atom is 0.270 e. The van der Waals surface area contributed by atoms with Crippen LogP contribution in [0.4, 0.5) is 11.4 Å². The largest absolute Gasteiger partial charge is 0.495 e. The molecule has 1 heterocycles. The van der Waals surface area contributed by atoms with Crippen molar-refractivity contribution in [2.75, 3.05) is 18.6 Å². The number of nitrogens with zero attached hydrogens (tertiary/aromatic N) is 2. The molecule has 0 saturated carbocycles. The minimum absolute atomic E-state index is 0.118. The van der Waals surface area contributed by atoms with Crippen LogP contribution < -0.4 is 9.64 Å². The number of anilines is 1. The molecule has 0 fully saturated rings. The second-order valence-corrected chi connectivity index (χ2v) is 6.30. The lowest BCUT2D eigenvalue weighted by Crippen LogP contribution is -2.36. The molecule has 1 amide bonds. The predicted molar refractivity (Wildman–Crippen MR) is 95.8 cm³/mol. The van der Waals surface area contributed by atoms with E-state index in [0.717, 1.165) is 29.7 Å². The lowest BCUT2D eigenvalue weighted by molar-refractivity contribution is -0.384. The number of nitro benzene ring substituents is 1. The second-order valence-electron chi connectivity index (χ2n) is 5.89. The van der Waals surface area contributed by atoms with Gasteiger partial charge in [0.15, 0.2) is 0 Å². The number of carbonyl (C=O) groups excluding carboxylic acids is 1. The van der Waals surface area contributed by atoms with Crippen LogP contribution in [0.25, 0.3) is 0 Å². The number of hydrogen-bond acceptors (Lipinski definition) is 4. The quantitative estimate of drug-likeness (QED) is 0.608. The number of rotatable bonds is 3. The van der Waals surface area contributed by atoms with Crippen molar-refractivity contribution in [1.29, 1.82) is 0 Å². The number of hydrogen-bond donors (Lipinski definition) is 0. The number of amides is 1. The molecule has 0 atom stereocenters. The van der Waals surface area contributed by atoms with E-state index in [2.05, 4.69) is 0 Å². The fourth-order valence-electron chi connectivity index (χ4n) is 3.16. The number of methoxy groups -OCH3 is 1.